The van der Waals surface area contributed by atoms with Gasteiger partial charge >= 0.3 is 0 Å². The molecular formula is C15H21N3O2S. The van der Waals surface area contributed by atoms with Crippen molar-refractivity contribution in [3.8, 4) is 0 Å². The Labute approximate surface area is 130 Å². The van der Waals surface area contributed by atoms with E-state index < -0.39 is 6.10 Å². The van der Waals surface area contributed by atoms with Crippen LogP contribution in [0.3, 0.4) is 0 Å². The third-order valence-electron chi connectivity index (χ3n) is 3.82. The fraction of sp³-hybridized carbons (Fsp3) is 0.467. The van der Waals surface area contributed by atoms with E-state index >= 15 is 0 Å². The first kappa shape index (κ1) is 15.9. The number of nitrogens with zero attached hydrogens (tertiary/aromatic N) is 1. The number of carbonyl (C=O) groups excluding carboxylic acids is 1. The summed E-state index contributed by atoms with van der Waals surface area (Å²) in [6.07, 6.45) is 0.101. The van der Waals surface area contributed by atoms with Crippen molar-refractivity contribution < 1.29 is 9.90 Å². The number of nitrogens with one attached hydrogen (secondary N) is 1. The van der Waals surface area contributed by atoms with Crippen LogP contribution in [0.25, 0.3) is 0 Å². The molecule has 1 aliphatic heterocycles. The first-order valence-corrected chi connectivity index (χ1v) is 7.53. The monoisotopic (exact) mass is 307 g/mol. The van der Waals surface area contributed by atoms with Crippen LogP contribution in [0.1, 0.15) is 30.6 Å². The number of nitrogens with two attached hydrogens (primary N) is 1. The molecule has 0 aromatic heterocycles. The SMILES string of the molecule is CCC1C(=O)NCCN1CC(O)c1ccc(C(N)=S)cc1. The van der Waals surface area contributed by atoms with Gasteiger partial charge in [-0.2, -0.15) is 0 Å². The molecule has 1 fully saturated rings. The molecule has 2 unspecified atom stereocenters. The van der Waals surface area contributed by atoms with E-state index in [1.165, 1.54) is 0 Å². The molecule has 21 heavy (non-hydrogen) atoms. The standard InChI is InChI=1S/C15H21N3O2S/c1-2-12-15(20)17-7-8-18(12)9-13(19)10-3-5-11(6-4-10)14(16)21/h3-6,12-13,19H,2,7-9H2,1H3,(H2,16,21)(H,17,20). The van der Waals surface area contributed by atoms with Crippen LogP contribution in [0, 0.1) is 0 Å². The van der Waals surface area contributed by atoms with E-state index in [-0.39, 0.29) is 11.9 Å². The summed E-state index contributed by atoms with van der Waals surface area (Å²) in [5, 5.41) is 13.2. The van der Waals surface area contributed by atoms with E-state index in [0.29, 0.717) is 18.1 Å². The van der Waals surface area contributed by atoms with E-state index in [9.17, 15) is 9.90 Å². The van der Waals surface area contributed by atoms with E-state index in [1.54, 1.807) is 12.1 Å². The fourth-order valence-corrected chi connectivity index (χ4v) is 2.76. The highest BCUT2D eigenvalue weighted by molar-refractivity contribution is 7.80. The Morgan fingerprint density at radius 2 is 2.19 bits per heavy atom. The second-order valence-corrected chi connectivity index (χ2v) is 5.65. The first-order valence-electron chi connectivity index (χ1n) is 7.12. The zero-order valence-corrected chi connectivity index (χ0v) is 12.9. The molecule has 6 heteroatoms. The summed E-state index contributed by atoms with van der Waals surface area (Å²) in [5.74, 6) is 0.0415. The first-order chi connectivity index (χ1) is 10.0. The molecular weight excluding hydrogens is 286 g/mol. The van der Waals surface area contributed by atoms with E-state index in [2.05, 4.69) is 5.32 Å². The third kappa shape index (κ3) is 3.78. The number of β-amino-alcohol motifs (C(OH)–C–C–N with tert-alkyl or cyclic N) is 1. The van der Waals surface area contributed by atoms with Crippen LogP contribution < -0.4 is 11.1 Å². The lowest BCUT2D eigenvalue weighted by Gasteiger charge is -2.35. The van der Waals surface area contributed by atoms with Crippen LogP contribution in [0.2, 0.25) is 0 Å². The van der Waals surface area contributed by atoms with Gasteiger partial charge < -0.3 is 16.2 Å². The number of benzene rings is 1. The molecule has 2 rings (SSSR count). The summed E-state index contributed by atoms with van der Waals surface area (Å²) < 4.78 is 0. The third-order valence-corrected chi connectivity index (χ3v) is 4.05. The lowest BCUT2D eigenvalue weighted by atomic mass is 10.0. The lowest BCUT2D eigenvalue weighted by Crippen LogP contribution is -2.55. The summed E-state index contributed by atoms with van der Waals surface area (Å²) in [7, 11) is 0. The van der Waals surface area contributed by atoms with Gasteiger partial charge in [0.15, 0.2) is 0 Å². The molecule has 2 atom stereocenters. The van der Waals surface area contributed by atoms with Crippen LogP contribution in [-0.2, 0) is 4.79 Å². The number of aliphatic hydroxyl groups is 1. The van der Waals surface area contributed by atoms with Gasteiger partial charge in [-0.15, -0.1) is 0 Å². The predicted molar refractivity (Wildman–Crippen MR) is 86.0 cm³/mol. The van der Waals surface area contributed by atoms with Crippen molar-refractivity contribution in [2.24, 2.45) is 5.73 Å². The zero-order valence-electron chi connectivity index (χ0n) is 12.1. The smallest absolute Gasteiger partial charge is 0.237 e. The minimum absolute atomic E-state index is 0.0415. The number of thiocarbonyl (C=S) groups is 1. The summed E-state index contributed by atoms with van der Waals surface area (Å²) in [4.78, 5) is 14.2. The molecule has 0 spiro atoms. The Morgan fingerprint density at radius 1 is 1.52 bits per heavy atom. The number of hydrogen-bond donors (Lipinski definition) is 3. The Kier molecular flexibility index (Phi) is 5.27. The van der Waals surface area contributed by atoms with Crippen LogP contribution in [0.5, 0.6) is 0 Å². The summed E-state index contributed by atoms with van der Waals surface area (Å²) in [6, 6.07) is 7.10. The molecule has 4 N–H and O–H groups in total. The van der Waals surface area contributed by atoms with E-state index in [1.807, 2.05) is 24.0 Å². The maximum Gasteiger partial charge on any atom is 0.237 e. The number of hydrogen-bond acceptors (Lipinski definition) is 4. The van der Waals surface area contributed by atoms with Crippen molar-refractivity contribution in [1.29, 1.82) is 0 Å². The van der Waals surface area contributed by atoms with Crippen molar-refractivity contribution in [3.63, 3.8) is 0 Å². The topological polar surface area (TPSA) is 78.6 Å². The summed E-state index contributed by atoms with van der Waals surface area (Å²) in [6.45, 7) is 3.80. The minimum atomic E-state index is -0.634. The molecule has 1 saturated heterocycles. The number of carbonyl (C=O) groups is 1. The number of aliphatic hydroxyl groups excluding tert-OH is 1. The molecule has 1 aromatic rings. The van der Waals surface area contributed by atoms with Crippen molar-refractivity contribution in [1.82, 2.24) is 10.2 Å². The highest BCUT2D eigenvalue weighted by Crippen LogP contribution is 2.18. The molecule has 0 saturated carbocycles. The highest BCUT2D eigenvalue weighted by atomic mass is 32.1. The van der Waals surface area contributed by atoms with Crippen LogP contribution in [0.15, 0.2) is 24.3 Å². The predicted octanol–water partition coefficient (Wildman–Crippen LogP) is 0.565. The maximum absolute atomic E-state index is 11.8. The Hall–Kier alpha value is -1.50. The zero-order chi connectivity index (χ0) is 15.4. The van der Waals surface area contributed by atoms with E-state index in [4.69, 9.17) is 18.0 Å². The van der Waals surface area contributed by atoms with Crippen molar-refractivity contribution >= 4 is 23.1 Å². The fourth-order valence-electron chi connectivity index (χ4n) is 2.62. The van der Waals surface area contributed by atoms with Crippen molar-refractivity contribution in [2.75, 3.05) is 19.6 Å². The van der Waals surface area contributed by atoms with Gasteiger partial charge in [0.05, 0.1) is 12.1 Å². The van der Waals surface area contributed by atoms with E-state index in [0.717, 1.165) is 24.1 Å². The van der Waals surface area contributed by atoms with Crippen LogP contribution in [-0.4, -0.2) is 46.6 Å². The normalized spacial score (nSPS) is 20.9. The van der Waals surface area contributed by atoms with Gasteiger partial charge in [0.1, 0.15) is 4.99 Å². The van der Waals surface area contributed by atoms with Gasteiger partial charge in [-0.05, 0) is 12.0 Å². The molecule has 1 amide bonds. The van der Waals surface area contributed by atoms with Gasteiger partial charge in [0.2, 0.25) is 5.91 Å². The van der Waals surface area contributed by atoms with Gasteiger partial charge in [-0.25, -0.2) is 0 Å². The molecule has 1 aliphatic rings. The number of amides is 1. The Bertz CT molecular complexity index is 518. The maximum atomic E-state index is 11.8. The minimum Gasteiger partial charge on any atom is -0.389 e. The molecule has 0 bridgehead atoms. The summed E-state index contributed by atoms with van der Waals surface area (Å²) >= 11 is 4.91. The molecule has 0 aliphatic carbocycles. The average molecular weight is 307 g/mol. The van der Waals surface area contributed by atoms with Crippen LogP contribution in [0.4, 0.5) is 0 Å². The van der Waals surface area contributed by atoms with Gasteiger partial charge in [0, 0.05) is 25.2 Å². The van der Waals surface area contributed by atoms with Crippen molar-refractivity contribution in [3.05, 3.63) is 35.4 Å². The highest BCUT2D eigenvalue weighted by Gasteiger charge is 2.29. The number of piperazine rings is 1. The molecule has 1 heterocycles. The average Bonchev–Trinajstić information content (AvgIpc) is 2.47. The molecule has 114 valence electrons. The second-order valence-electron chi connectivity index (χ2n) is 5.21. The molecule has 5 nitrogen and oxygen atoms in total. The van der Waals surface area contributed by atoms with Gasteiger partial charge in [0.25, 0.3) is 0 Å². The lowest BCUT2D eigenvalue weighted by molar-refractivity contribution is -0.129. The Morgan fingerprint density at radius 3 is 2.76 bits per heavy atom. The van der Waals surface area contributed by atoms with Gasteiger partial charge in [-0.3, -0.25) is 9.69 Å². The quantitative estimate of drug-likeness (QED) is 0.693. The Balaban J connectivity index is 2.04. The molecule has 1 aromatic carbocycles. The summed E-state index contributed by atoms with van der Waals surface area (Å²) in [5.41, 5.74) is 7.14. The van der Waals surface area contributed by atoms with Gasteiger partial charge in [-0.1, -0.05) is 43.4 Å². The van der Waals surface area contributed by atoms with Crippen molar-refractivity contribution in [2.45, 2.75) is 25.5 Å². The number of rotatable bonds is 5. The largest absolute Gasteiger partial charge is 0.389 e. The molecule has 0 radical (unpaired) electrons. The van der Waals surface area contributed by atoms with Crippen LogP contribution >= 0.6 is 12.2 Å². The second kappa shape index (κ2) is 6.98.